The van der Waals surface area contributed by atoms with Gasteiger partial charge < -0.3 is 11.1 Å². The molecule has 0 atom stereocenters. The molecule has 0 fully saturated rings. The van der Waals surface area contributed by atoms with Gasteiger partial charge in [-0.3, -0.25) is 9.78 Å². The Kier molecular flexibility index (Phi) is 3.42. The molecule has 20 heavy (non-hydrogen) atoms. The summed E-state index contributed by atoms with van der Waals surface area (Å²) in [6.07, 6.45) is 1.75. The van der Waals surface area contributed by atoms with Gasteiger partial charge in [0.15, 0.2) is 0 Å². The number of anilines is 1. The van der Waals surface area contributed by atoms with Gasteiger partial charge in [0, 0.05) is 21.2 Å². The lowest BCUT2D eigenvalue weighted by atomic mass is 10.1. The van der Waals surface area contributed by atoms with Crippen molar-refractivity contribution < 1.29 is 4.79 Å². The quantitative estimate of drug-likeness (QED) is 0.781. The molecule has 3 aromatic rings. The van der Waals surface area contributed by atoms with Gasteiger partial charge >= 0.3 is 0 Å². The summed E-state index contributed by atoms with van der Waals surface area (Å²) in [4.78, 5) is 17.8. The van der Waals surface area contributed by atoms with Gasteiger partial charge in [-0.25, -0.2) is 0 Å². The number of hydrogen-bond donors (Lipinski definition) is 2. The molecule has 102 valence electrons. The van der Waals surface area contributed by atoms with Crippen LogP contribution in [0.4, 0.5) is 5.69 Å². The third-order valence-electron chi connectivity index (χ3n) is 3.00. The van der Waals surface area contributed by atoms with Crippen LogP contribution >= 0.6 is 22.7 Å². The molecule has 1 aromatic carbocycles. The van der Waals surface area contributed by atoms with Gasteiger partial charge in [0.05, 0.1) is 17.7 Å². The van der Waals surface area contributed by atoms with Crippen molar-refractivity contribution >= 4 is 44.4 Å². The largest absolute Gasteiger partial charge is 0.397 e. The van der Waals surface area contributed by atoms with Crippen LogP contribution in [0.15, 0.2) is 29.9 Å². The summed E-state index contributed by atoms with van der Waals surface area (Å²) in [6.45, 7) is 2.51. The fourth-order valence-electron chi connectivity index (χ4n) is 1.97. The zero-order chi connectivity index (χ0) is 14.1. The number of nitrogens with two attached hydrogens (primary N) is 1. The van der Waals surface area contributed by atoms with Crippen LogP contribution in [0.2, 0.25) is 0 Å². The fraction of sp³-hybridized carbons (Fsp3) is 0.143. The molecule has 0 radical (unpaired) electrons. The van der Waals surface area contributed by atoms with Gasteiger partial charge in [-0.1, -0.05) is 12.1 Å². The summed E-state index contributed by atoms with van der Waals surface area (Å²) < 4.78 is 1.05. The molecule has 0 bridgehead atoms. The Balaban J connectivity index is 1.85. The van der Waals surface area contributed by atoms with E-state index in [4.69, 9.17) is 5.73 Å². The highest BCUT2D eigenvalue weighted by Gasteiger charge is 2.16. The van der Waals surface area contributed by atoms with E-state index in [0.29, 0.717) is 17.1 Å². The van der Waals surface area contributed by atoms with Crippen LogP contribution in [0, 0.1) is 6.92 Å². The smallest absolute Gasteiger partial charge is 0.263 e. The fourth-order valence-corrected chi connectivity index (χ4v) is 3.64. The topological polar surface area (TPSA) is 68.0 Å². The monoisotopic (exact) mass is 303 g/mol. The lowest BCUT2D eigenvalue weighted by Gasteiger charge is -2.02. The molecule has 3 rings (SSSR count). The number of hydrogen-bond acceptors (Lipinski definition) is 5. The van der Waals surface area contributed by atoms with Crippen LogP contribution in [-0.4, -0.2) is 10.9 Å². The lowest BCUT2D eigenvalue weighted by Crippen LogP contribution is -2.22. The van der Waals surface area contributed by atoms with Crippen molar-refractivity contribution in [2.24, 2.45) is 0 Å². The van der Waals surface area contributed by atoms with Gasteiger partial charge in [-0.2, -0.15) is 0 Å². The zero-order valence-corrected chi connectivity index (χ0v) is 12.5. The molecule has 4 nitrogen and oxygen atoms in total. The predicted molar refractivity (Wildman–Crippen MR) is 84.3 cm³/mol. The number of benzene rings is 1. The normalized spacial score (nSPS) is 10.8. The maximum Gasteiger partial charge on any atom is 0.263 e. The van der Waals surface area contributed by atoms with Crippen LogP contribution in [0.3, 0.4) is 0 Å². The minimum Gasteiger partial charge on any atom is -0.397 e. The number of carbonyl (C=O) groups excluding carboxylic acids is 1. The second-order valence-electron chi connectivity index (χ2n) is 4.49. The van der Waals surface area contributed by atoms with Crippen LogP contribution in [-0.2, 0) is 6.54 Å². The van der Waals surface area contributed by atoms with E-state index in [1.54, 1.807) is 11.7 Å². The maximum atomic E-state index is 12.2. The molecule has 0 aliphatic carbocycles. The zero-order valence-electron chi connectivity index (χ0n) is 10.8. The van der Waals surface area contributed by atoms with Crippen molar-refractivity contribution in [1.82, 2.24) is 10.3 Å². The number of nitrogens with one attached hydrogen (secondary N) is 1. The molecule has 0 aliphatic rings. The van der Waals surface area contributed by atoms with E-state index in [-0.39, 0.29) is 5.91 Å². The van der Waals surface area contributed by atoms with Crippen LogP contribution in [0.25, 0.3) is 10.1 Å². The van der Waals surface area contributed by atoms with Gasteiger partial charge in [-0.15, -0.1) is 22.7 Å². The summed E-state index contributed by atoms with van der Waals surface area (Å²) in [5.74, 6) is -0.130. The summed E-state index contributed by atoms with van der Waals surface area (Å²) >= 11 is 2.95. The van der Waals surface area contributed by atoms with Gasteiger partial charge in [0.2, 0.25) is 0 Å². The predicted octanol–water partition coefficient (Wildman–Crippen LogP) is 3.18. The average Bonchev–Trinajstić information content (AvgIpc) is 3.04. The molecule has 6 heteroatoms. The van der Waals surface area contributed by atoms with Gasteiger partial charge in [-0.05, 0) is 18.6 Å². The number of thiazole rings is 1. The number of amides is 1. The number of fused-ring (bicyclic) bond motifs is 1. The van der Waals surface area contributed by atoms with E-state index in [1.165, 1.54) is 22.7 Å². The summed E-state index contributed by atoms with van der Waals surface area (Å²) in [7, 11) is 0. The van der Waals surface area contributed by atoms with Gasteiger partial charge in [0.1, 0.15) is 4.88 Å². The molecule has 2 aromatic heterocycles. The third kappa shape index (κ3) is 2.39. The molecular formula is C14H13N3OS2. The van der Waals surface area contributed by atoms with Crippen molar-refractivity contribution in [1.29, 1.82) is 0 Å². The molecule has 1 amide bonds. The Morgan fingerprint density at radius 1 is 1.45 bits per heavy atom. The average molecular weight is 303 g/mol. The minimum atomic E-state index is -0.130. The number of carbonyl (C=O) groups is 1. The van der Waals surface area contributed by atoms with E-state index in [2.05, 4.69) is 16.4 Å². The minimum absolute atomic E-state index is 0.130. The second kappa shape index (κ2) is 5.22. The summed E-state index contributed by atoms with van der Waals surface area (Å²) in [6, 6.07) is 6.03. The SMILES string of the molecule is Cc1ccc2c(N)c(C(=O)NCc3cncs3)sc2c1. The van der Waals surface area contributed by atoms with E-state index in [1.807, 2.05) is 19.1 Å². The van der Waals surface area contributed by atoms with Crippen LogP contribution in [0.1, 0.15) is 20.1 Å². The standard InChI is InChI=1S/C14H13N3OS2/c1-8-2-3-10-11(4-8)20-13(12(10)15)14(18)17-6-9-5-16-7-19-9/h2-5,7H,6,15H2,1H3,(H,17,18). The molecule has 0 spiro atoms. The van der Waals surface area contributed by atoms with Crippen LogP contribution < -0.4 is 11.1 Å². The highest BCUT2D eigenvalue weighted by molar-refractivity contribution is 7.21. The Labute approximate surface area is 124 Å². The molecule has 0 saturated carbocycles. The number of nitrogen functional groups attached to an aromatic ring is 1. The molecule has 3 N–H and O–H groups in total. The number of nitrogens with zero attached hydrogens (tertiary/aromatic N) is 1. The number of aromatic nitrogens is 1. The maximum absolute atomic E-state index is 12.2. The van der Waals surface area contributed by atoms with Crippen molar-refractivity contribution in [2.45, 2.75) is 13.5 Å². The Bertz CT molecular complexity index is 762. The first kappa shape index (κ1) is 13.1. The molecular weight excluding hydrogens is 290 g/mol. The Morgan fingerprint density at radius 3 is 3.05 bits per heavy atom. The van der Waals surface area contributed by atoms with E-state index < -0.39 is 0 Å². The summed E-state index contributed by atoms with van der Waals surface area (Å²) in [5.41, 5.74) is 9.55. The highest BCUT2D eigenvalue weighted by Crippen LogP contribution is 2.34. The van der Waals surface area contributed by atoms with Gasteiger partial charge in [0.25, 0.3) is 5.91 Å². The molecule has 0 unspecified atom stereocenters. The van der Waals surface area contributed by atoms with Crippen molar-refractivity contribution in [3.8, 4) is 0 Å². The number of thiophene rings is 1. The summed E-state index contributed by atoms with van der Waals surface area (Å²) in [5, 5.41) is 3.83. The molecule has 0 aliphatic heterocycles. The second-order valence-corrected chi connectivity index (χ2v) is 6.52. The Morgan fingerprint density at radius 2 is 2.30 bits per heavy atom. The van der Waals surface area contributed by atoms with Crippen molar-refractivity contribution in [3.05, 3.63) is 45.2 Å². The number of rotatable bonds is 3. The third-order valence-corrected chi connectivity index (χ3v) is 4.94. The first-order valence-corrected chi connectivity index (χ1v) is 7.79. The van der Waals surface area contributed by atoms with Crippen molar-refractivity contribution in [2.75, 3.05) is 5.73 Å². The van der Waals surface area contributed by atoms with E-state index >= 15 is 0 Å². The first-order chi connectivity index (χ1) is 9.65. The molecule has 2 heterocycles. The lowest BCUT2D eigenvalue weighted by molar-refractivity contribution is 0.0956. The molecule has 0 saturated heterocycles. The van der Waals surface area contributed by atoms with Crippen molar-refractivity contribution in [3.63, 3.8) is 0 Å². The van der Waals surface area contributed by atoms with Crippen LogP contribution in [0.5, 0.6) is 0 Å². The Hall–Kier alpha value is -1.92. The van der Waals surface area contributed by atoms with E-state index in [9.17, 15) is 4.79 Å². The number of aryl methyl sites for hydroxylation is 1. The highest BCUT2D eigenvalue weighted by atomic mass is 32.1. The van der Waals surface area contributed by atoms with E-state index in [0.717, 1.165) is 20.5 Å². The first-order valence-electron chi connectivity index (χ1n) is 6.09.